The van der Waals surface area contributed by atoms with Gasteiger partial charge in [-0.2, -0.15) is 0 Å². The molecule has 0 bridgehead atoms. The zero-order valence-corrected chi connectivity index (χ0v) is 34.9. The maximum absolute atomic E-state index is 6.63. The summed E-state index contributed by atoms with van der Waals surface area (Å²) in [6.07, 6.45) is 0.950. The van der Waals surface area contributed by atoms with Gasteiger partial charge in [0.05, 0.1) is 5.41 Å². The SMILES string of the molecule is c1ccc(N(c2ccc3c(c2)-c2ccccc2Oc2ccccc2-3)c2ccc3c(c2)C2(c4ccccc4-c4ccccc4-3)c3ccccc3-c3c2ccc2c3-c3ccccc3C2)cc1. The molecule has 0 fully saturated rings. The van der Waals surface area contributed by atoms with Crippen LogP contribution < -0.4 is 9.64 Å². The summed E-state index contributed by atoms with van der Waals surface area (Å²) < 4.78 is 6.63. The van der Waals surface area contributed by atoms with Gasteiger partial charge >= 0.3 is 0 Å². The van der Waals surface area contributed by atoms with Crippen LogP contribution in [0.15, 0.2) is 224 Å². The van der Waals surface area contributed by atoms with Crippen molar-refractivity contribution in [2.45, 2.75) is 11.8 Å². The summed E-state index contributed by atoms with van der Waals surface area (Å²) in [6.45, 7) is 0. The van der Waals surface area contributed by atoms with Crippen LogP contribution >= 0.6 is 0 Å². The molecule has 1 unspecified atom stereocenters. The smallest absolute Gasteiger partial charge is 0.135 e. The van der Waals surface area contributed by atoms with Crippen LogP contribution in [0.3, 0.4) is 0 Å². The molecule has 4 aliphatic rings. The van der Waals surface area contributed by atoms with Gasteiger partial charge in [0.25, 0.3) is 0 Å². The van der Waals surface area contributed by atoms with E-state index in [-0.39, 0.29) is 0 Å². The first kappa shape index (κ1) is 35.4. The zero-order chi connectivity index (χ0) is 41.9. The molecule has 64 heavy (non-hydrogen) atoms. The summed E-state index contributed by atoms with van der Waals surface area (Å²) in [7, 11) is 0. The monoisotopic (exact) mass is 813 g/mol. The summed E-state index contributed by atoms with van der Waals surface area (Å²) in [6, 6.07) is 83.3. The van der Waals surface area contributed by atoms with Crippen molar-refractivity contribution < 1.29 is 4.74 Å². The quantitative estimate of drug-likeness (QED) is 0.176. The fourth-order valence-electron chi connectivity index (χ4n) is 11.8. The molecule has 2 heteroatoms. The van der Waals surface area contributed by atoms with Gasteiger partial charge in [0, 0.05) is 28.2 Å². The van der Waals surface area contributed by atoms with E-state index in [2.05, 4.69) is 223 Å². The van der Waals surface area contributed by atoms with Crippen LogP contribution in [-0.4, -0.2) is 0 Å². The molecule has 0 saturated heterocycles. The third-order valence-electron chi connectivity index (χ3n) is 14.3. The molecule has 298 valence electrons. The molecule has 1 atom stereocenters. The summed E-state index contributed by atoms with van der Waals surface area (Å²) in [5.74, 6) is 1.72. The Hall–Kier alpha value is -8.20. The lowest BCUT2D eigenvalue weighted by Gasteiger charge is -2.36. The average molecular weight is 814 g/mol. The second kappa shape index (κ2) is 13.4. The van der Waals surface area contributed by atoms with E-state index < -0.39 is 5.41 Å². The molecule has 10 aromatic carbocycles. The van der Waals surface area contributed by atoms with Gasteiger partial charge in [0.15, 0.2) is 0 Å². The van der Waals surface area contributed by atoms with Crippen LogP contribution in [0.1, 0.15) is 33.4 Å². The Morgan fingerprint density at radius 2 is 0.812 bits per heavy atom. The first-order chi connectivity index (χ1) is 31.8. The Labute approximate surface area is 373 Å². The number of hydrogen-bond acceptors (Lipinski definition) is 2. The summed E-state index contributed by atoms with van der Waals surface area (Å²) in [4.78, 5) is 2.44. The molecular weight excluding hydrogens is 775 g/mol. The number of nitrogens with zero attached hydrogens (tertiary/aromatic N) is 1. The van der Waals surface area contributed by atoms with Gasteiger partial charge in [-0.3, -0.25) is 0 Å². The fourth-order valence-corrected chi connectivity index (χ4v) is 11.8. The minimum atomic E-state index is -0.629. The highest BCUT2D eigenvalue weighted by molar-refractivity contribution is 6.03. The van der Waals surface area contributed by atoms with Gasteiger partial charge < -0.3 is 9.64 Å². The number of anilines is 3. The number of ether oxygens (including phenoxy) is 1. The Kier molecular flexibility index (Phi) is 7.41. The number of benzene rings is 10. The normalized spacial score (nSPS) is 15.0. The summed E-state index contributed by atoms with van der Waals surface area (Å²) >= 11 is 0. The molecule has 3 aliphatic carbocycles. The number of fused-ring (bicyclic) bond motifs is 21. The van der Waals surface area contributed by atoms with Gasteiger partial charge in [-0.15, -0.1) is 0 Å². The minimum Gasteiger partial charge on any atom is -0.456 e. The number of hydrogen-bond donors (Lipinski definition) is 0. The van der Waals surface area contributed by atoms with Gasteiger partial charge in [-0.25, -0.2) is 0 Å². The first-order valence-electron chi connectivity index (χ1n) is 22.3. The van der Waals surface area contributed by atoms with Crippen molar-refractivity contribution >= 4 is 17.1 Å². The molecule has 2 nitrogen and oxygen atoms in total. The number of para-hydroxylation sites is 3. The molecule has 1 aliphatic heterocycles. The third kappa shape index (κ3) is 4.80. The van der Waals surface area contributed by atoms with Crippen molar-refractivity contribution in [2.24, 2.45) is 0 Å². The number of rotatable bonds is 3. The van der Waals surface area contributed by atoms with Crippen LogP contribution in [0.5, 0.6) is 11.5 Å². The van der Waals surface area contributed by atoms with E-state index >= 15 is 0 Å². The molecule has 0 N–H and O–H groups in total. The summed E-state index contributed by atoms with van der Waals surface area (Å²) in [5, 5.41) is 0. The second-order valence-corrected chi connectivity index (χ2v) is 17.5. The lowest BCUT2D eigenvalue weighted by molar-refractivity contribution is 0.488. The maximum Gasteiger partial charge on any atom is 0.135 e. The van der Waals surface area contributed by atoms with E-state index in [0.717, 1.165) is 57.2 Å². The molecule has 0 radical (unpaired) electrons. The molecular formula is C62H39NO. The van der Waals surface area contributed by atoms with Crippen molar-refractivity contribution in [3.63, 3.8) is 0 Å². The average Bonchev–Trinajstić information content (AvgIpc) is 3.80. The van der Waals surface area contributed by atoms with Crippen LogP contribution in [-0.2, 0) is 11.8 Å². The topological polar surface area (TPSA) is 12.5 Å². The van der Waals surface area contributed by atoms with Crippen molar-refractivity contribution in [3.8, 4) is 78.3 Å². The van der Waals surface area contributed by atoms with Crippen LogP contribution in [0.25, 0.3) is 66.8 Å². The Morgan fingerprint density at radius 3 is 1.55 bits per heavy atom. The van der Waals surface area contributed by atoms with Crippen molar-refractivity contribution in [1.82, 2.24) is 0 Å². The van der Waals surface area contributed by atoms with Crippen molar-refractivity contribution in [3.05, 3.63) is 258 Å². The van der Waals surface area contributed by atoms with Crippen LogP contribution in [0.2, 0.25) is 0 Å². The maximum atomic E-state index is 6.63. The molecule has 14 rings (SSSR count). The van der Waals surface area contributed by atoms with Crippen LogP contribution in [0, 0.1) is 0 Å². The van der Waals surface area contributed by atoms with E-state index in [0.29, 0.717) is 0 Å². The highest BCUT2D eigenvalue weighted by atomic mass is 16.5. The fraction of sp³-hybridized carbons (Fsp3) is 0.0323. The van der Waals surface area contributed by atoms with E-state index in [1.807, 2.05) is 6.07 Å². The Balaban J connectivity index is 1.08. The van der Waals surface area contributed by atoms with E-state index in [1.165, 1.54) is 77.9 Å². The van der Waals surface area contributed by atoms with Gasteiger partial charge in [-0.05, 0) is 144 Å². The highest BCUT2D eigenvalue weighted by Crippen LogP contribution is 2.64. The molecule has 0 saturated carbocycles. The summed E-state index contributed by atoms with van der Waals surface area (Å²) in [5.41, 5.74) is 25.6. The zero-order valence-electron chi connectivity index (χ0n) is 34.9. The third-order valence-corrected chi connectivity index (χ3v) is 14.3. The first-order valence-corrected chi connectivity index (χ1v) is 22.3. The highest BCUT2D eigenvalue weighted by Gasteiger charge is 2.51. The van der Waals surface area contributed by atoms with Crippen molar-refractivity contribution in [1.29, 1.82) is 0 Å². The van der Waals surface area contributed by atoms with Gasteiger partial charge in [-0.1, -0.05) is 176 Å². The van der Waals surface area contributed by atoms with Gasteiger partial charge in [0.2, 0.25) is 0 Å². The Morgan fingerprint density at radius 1 is 0.297 bits per heavy atom. The van der Waals surface area contributed by atoms with E-state index in [1.54, 1.807) is 0 Å². The lowest BCUT2D eigenvalue weighted by Crippen LogP contribution is -2.29. The minimum absolute atomic E-state index is 0.629. The molecule has 0 amide bonds. The van der Waals surface area contributed by atoms with Crippen LogP contribution in [0.4, 0.5) is 17.1 Å². The predicted octanol–water partition coefficient (Wildman–Crippen LogP) is 16.2. The lowest BCUT2D eigenvalue weighted by atomic mass is 9.65. The van der Waals surface area contributed by atoms with Crippen molar-refractivity contribution in [2.75, 3.05) is 4.90 Å². The molecule has 0 aromatic heterocycles. The molecule has 10 aromatic rings. The van der Waals surface area contributed by atoms with E-state index in [9.17, 15) is 0 Å². The molecule has 1 spiro atoms. The standard InChI is InChI=1S/C62H39NO/c1-2-17-41(18-3-1)63(42-31-33-47-50-23-10-14-28-58(50)64-59-29-15-11-24-51(59)53(47)37-42)43-32-34-49-46-21-7-6-20-45(46)48-22-8-12-26-54(48)62(57(49)38-43)55-27-13-9-25-52(55)61-56(62)35-30-40-36-39-16-4-5-19-44(39)60(40)61/h1-35,37-38H,36H2. The molecule has 1 heterocycles. The Bertz CT molecular complexity index is 3580. The largest absolute Gasteiger partial charge is 0.456 e. The predicted molar refractivity (Wildman–Crippen MR) is 262 cm³/mol. The van der Waals surface area contributed by atoms with Gasteiger partial charge in [0.1, 0.15) is 11.5 Å². The van der Waals surface area contributed by atoms with E-state index in [4.69, 9.17) is 4.74 Å². The second-order valence-electron chi connectivity index (χ2n) is 17.5.